The van der Waals surface area contributed by atoms with Crippen molar-refractivity contribution in [1.29, 1.82) is 0 Å². The number of carbonyl (C=O) groups is 2. The van der Waals surface area contributed by atoms with Crippen LogP contribution in [0.25, 0.3) is 0 Å². The highest BCUT2D eigenvalue weighted by Gasteiger charge is 2.26. The molecule has 0 fully saturated rings. The van der Waals surface area contributed by atoms with Crippen molar-refractivity contribution in [3.05, 3.63) is 59.2 Å². The van der Waals surface area contributed by atoms with E-state index in [4.69, 9.17) is 5.11 Å². The Bertz CT molecular complexity index is 920. The van der Waals surface area contributed by atoms with E-state index in [1.165, 1.54) is 43.4 Å². The molecule has 0 saturated heterocycles. The Morgan fingerprint density at radius 1 is 0.958 bits per heavy atom. The lowest BCUT2D eigenvalue weighted by Gasteiger charge is -2.21. The summed E-state index contributed by atoms with van der Waals surface area (Å²) in [5, 5.41) is 18.3. The van der Waals surface area contributed by atoms with E-state index in [0.29, 0.717) is 5.56 Å². The number of sulfonamides is 1. The maximum absolute atomic E-state index is 12.7. The number of nitrogens with zero attached hydrogens (tertiary/aromatic N) is 1. The van der Waals surface area contributed by atoms with Gasteiger partial charge in [0.1, 0.15) is 0 Å². The SMILES string of the molecule is Cc1ccc(S(=O)(=O)N(C)c2ccccc2C(=O)O)cc1C(=O)O. The highest BCUT2D eigenvalue weighted by molar-refractivity contribution is 7.92. The number of rotatable bonds is 5. The molecule has 0 saturated carbocycles. The molecule has 0 amide bonds. The standard InChI is InChI=1S/C16H15NO6S/c1-10-7-8-11(9-13(10)16(20)21)24(22,23)17(2)14-6-4-3-5-12(14)15(18)19/h3-9H,1-2H3,(H,18,19)(H,20,21). The second kappa shape index (κ2) is 6.32. The van der Waals surface area contributed by atoms with Crippen molar-refractivity contribution in [3.63, 3.8) is 0 Å². The Kier molecular flexibility index (Phi) is 4.61. The van der Waals surface area contributed by atoms with E-state index in [9.17, 15) is 23.1 Å². The predicted molar refractivity (Wildman–Crippen MR) is 87.1 cm³/mol. The summed E-state index contributed by atoms with van der Waals surface area (Å²) in [6.45, 7) is 1.56. The third kappa shape index (κ3) is 3.09. The van der Waals surface area contributed by atoms with Gasteiger partial charge in [-0.2, -0.15) is 0 Å². The van der Waals surface area contributed by atoms with E-state index in [1.54, 1.807) is 6.92 Å². The van der Waals surface area contributed by atoms with Crippen LogP contribution in [0.2, 0.25) is 0 Å². The minimum Gasteiger partial charge on any atom is -0.478 e. The molecule has 2 aromatic carbocycles. The molecule has 0 heterocycles. The number of hydrogen-bond acceptors (Lipinski definition) is 4. The molecule has 0 aliphatic rings. The van der Waals surface area contributed by atoms with Gasteiger partial charge in [0.25, 0.3) is 10.0 Å². The molecule has 126 valence electrons. The first-order valence-electron chi connectivity index (χ1n) is 6.81. The Balaban J connectivity index is 2.58. The zero-order chi connectivity index (χ0) is 18.1. The van der Waals surface area contributed by atoms with Crippen molar-refractivity contribution < 1.29 is 28.2 Å². The molecule has 2 aromatic rings. The maximum atomic E-state index is 12.7. The lowest BCUT2D eigenvalue weighted by Crippen LogP contribution is -2.28. The molecule has 0 aliphatic carbocycles. The first kappa shape index (κ1) is 17.5. The molecule has 0 spiro atoms. The van der Waals surface area contributed by atoms with E-state index in [2.05, 4.69) is 0 Å². The molecule has 2 N–H and O–H groups in total. The topological polar surface area (TPSA) is 112 Å². The minimum atomic E-state index is -4.11. The van der Waals surface area contributed by atoms with Gasteiger partial charge >= 0.3 is 11.9 Å². The van der Waals surface area contributed by atoms with Crippen LogP contribution < -0.4 is 4.31 Å². The molecule has 0 aliphatic heterocycles. The molecule has 24 heavy (non-hydrogen) atoms. The van der Waals surface area contributed by atoms with Crippen molar-refractivity contribution in [2.75, 3.05) is 11.4 Å². The van der Waals surface area contributed by atoms with E-state index in [-0.39, 0.29) is 21.7 Å². The van der Waals surface area contributed by atoms with E-state index < -0.39 is 22.0 Å². The zero-order valence-corrected chi connectivity index (χ0v) is 13.7. The highest BCUT2D eigenvalue weighted by Crippen LogP contribution is 2.26. The van der Waals surface area contributed by atoms with Crippen LogP contribution in [0.1, 0.15) is 26.3 Å². The zero-order valence-electron chi connectivity index (χ0n) is 12.9. The van der Waals surface area contributed by atoms with Crippen molar-refractivity contribution in [2.45, 2.75) is 11.8 Å². The summed E-state index contributed by atoms with van der Waals surface area (Å²) in [7, 11) is -2.89. The van der Waals surface area contributed by atoms with Crippen LogP contribution in [0.3, 0.4) is 0 Å². The summed E-state index contributed by atoms with van der Waals surface area (Å²) < 4.78 is 26.3. The third-order valence-corrected chi connectivity index (χ3v) is 5.34. The fourth-order valence-electron chi connectivity index (χ4n) is 2.21. The molecule has 0 unspecified atom stereocenters. The van der Waals surface area contributed by atoms with Gasteiger partial charge in [0.15, 0.2) is 0 Å². The van der Waals surface area contributed by atoms with Gasteiger partial charge in [0.05, 0.1) is 21.7 Å². The van der Waals surface area contributed by atoms with Gasteiger partial charge in [0, 0.05) is 7.05 Å². The van der Waals surface area contributed by atoms with Crippen LogP contribution in [0.5, 0.6) is 0 Å². The minimum absolute atomic E-state index is 0.0116. The van der Waals surface area contributed by atoms with Gasteiger partial charge in [-0.15, -0.1) is 0 Å². The van der Waals surface area contributed by atoms with Gasteiger partial charge in [-0.25, -0.2) is 18.0 Å². The van der Waals surface area contributed by atoms with Gasteiger partial charge in [-0.3, -0.25) is 4.31 Å². The Morgan fingerprint density at radius 2 is 1.54 bits per heavy atom. The molecule has 0 bridgehead atoms. The number of para-hydroxylation sites is 1. The Labute approximate surface area is 138 Å². The van der Waals surface area contributed by atoms with Crippen molar-refractivity contribution in [2.24, 2.45) is 0 Å². The van der Waals surface area contributed by atoms with E-state index in [1.807, 2.05) is 0 Å². The molecule has 0 aromatic heterocycles. The fraction of sp³-hybridized carbons (Fsp3) is 0.125. The lowest BCUT2D eigenvalue weighted by atomic mass is 10.1. The monoisotopic (exact) mass is 349 g/mol. The first-order chi connectivity index (χ1) is 11.2. The normalized spacial score (nSPS) is 11.1. The highest BCUT2D eigenvalue weighted by atomic mass is 32.2. The largest absolute Gasteiger partial charge is 0.478 e. The summed E-state index contributed by atoms with van der Waals surface area (Å²) in [5.41, 5.74) is 0.114. The van der Waals surface area contributed by atoms with Crippen LogP contribution in [-0.4, -0.2) is 37.6 Å². The van der Waals surface area contributed by atoms with Gasteiger partial charge < -0.3 is 10.2 Å². The third-order valence-electron chi connectivity index (χ3n) is 3.57. The van der Waals surface area contributed by atoms with Gasteiger partial charge in [-0.05, 0) is 36.8 Å². The maximum Gasteiger partial charge on any atom is 0.337 e. The van der Waals surface area contributed by atoms with Crippen LogP contribution in [-0.2, 0) is 10.0 Å². The van der Waals surface area contributed by atoms with Crippen LogP contribution in [0.4, 0.5) is 5.69 Å². The second-order valence-electron chi connectivity index (χ2n) is 5.08. The number of benzene rings is 2. The predicted octanol–water partition coefficient (Wildman–Crippen LogP) is 2.22. The summed E-state index contributed by atoms with van der Waals surface area (Å²) in [4.78, 5) is 22.2. The molecule has 8 heteroatoms. The Hall–Kier alpha value is -2.87. The van der Waals surface area contributed by atoms with Crippen LogP contribution >= 0.6 is 0 Å². The smallest absolute Gasteiger partial charge is 0.337 e. The van der Waals surface area contributed by atoms with Gasteiger partial charge in [-0.1, -0.05) is 18.2 Å². The Morgan fingerprint density at radius 3 is 2.12 bits per heavy atom. The summed E-state index contributed by atoms with van der Waals surface area (Å²) >= 11 is 0. The summed E-state index contributed by atoms with van der Waals surface area (Å²) in [6.07, 6.45) is 0. The molecule has 7 nitrogen and oxygen atoms in total. The number of aromatic carboxylic acids is 2. The molecular weight excluding hydrogens is 334 g/mol. The molecular formula is C16H15NO6S. The fourth-order valence-corrected chi connectivity index (χ4v) is 3.45. The first-order valence-corrected chi connectivity index (χ1v) is 8.25. The summed E-state index contributed by atoms with van der Waals surface area (Å²) in [6, 6.07) is 9.42. The molecule has 0 radical (unpaired) electrons. The van der Waals surface area contributed by atoms with Crippen molar-refractivity contribution in [1.82, 2.24) is 0 Å². The number of carboxylic acid groups (broad SMARTS) is 2. The molecule has 2 rings (SSSR count). The van der Waals surface area contributed by atoms with Crippen molar-refractivity contribution >= 4 is 27.6 Å². The molecule has 0 atom stereocenters. The quantitative estimate of drug-likeness (QED) is 0.856. The number of aryl methyl sites for hydroxylation is 1. The number of carboxylic acids is 2. The average Bonchev–Trinajstić information content (AvgIpc) is 2.53. The van der Waals surface area contributed by atoms with Gasteiger partial charge in [0.2, 0.25) is 0 Å². The van der Waals surface area contributed by atoms with E-state index in [0.717, 1.165) is 10.4 Å². The van der Waals surface area contributed by atoms with Crippen LogP contribution in [0, 0.1) is 6.92 Å². The van der Waals surface area contributed by atoms with Crippen molar-refractivity contribution in [3.8, 4) is 0 Å². The number of anilines is 1. The van der Waals surface area contributed by atoms with E-state index >= 15 is 0 Å². The average molecular weight is 349 g/mol. The lowest BCUT2D eigenvalue weighted by molar-refractivity contribution is 0.0686. The number of hydrogen-bond donors (Lipinski definition) is 2. The second-order valence-corrected chi connectivity index (χ2v) is 7.05. The van der Waals surface area contributed by atoms with Crippen LogP contribution in [0.15, 0.2) is 47.4 Å². The summed E-state index contributed by atoms with van der Waals surface area (Å²) in [5.74, 6) is -2.50.